The zero-order chi connectivity index (χ0) is 29.3. The Morgan fingerprint density at radius 1 is 1.05 bits per heavy atom. The van der Waals surface area contributed by atoms with Gasteiger partial charge in [0.15, 0.2) is 0 Å². The number of aliphatic carboxylic acids is 1. The summed E-state index contributed by atoms with van der Waals surface area (Å²) < 4.78 is 53.9. The molecule has 214 valence electrons. The number of alkyl halides is 3. The van der Waals surface area contributed by atoms with E-state index in [0.29, 0.717) is 45.4 Å². The normalized spacial score (nSPS) is 16.7. The third-order valence-electron chi connectivity index (χ3n) is 6.70. The lowest BCUT2D eigenvalue weighted by Crippen LogP contribution is -2.37. The van der Waals surface area contributed by atoms with Gasteiger partial charge in [0.05, 0.1) is 12.8 Å². The second-order valence-electron chi connectivity index (χ2n) is 9.46. The number of nitrogens with one attached hydrogen (secondary N) is 1. The highest BCUT2D eigenvalue weighted by atomic mass is 35.5. The van der Waals surface area contributed by atoms with Crippen molar-refractivity contribution < 1.29 is 42.1 Å². The van der Waals surface area contributed by atoms with Gasteiger partial charge in [-0.3, -0.25) is 4.79 Å². The zero-order valence-corrected chi connectivity index (χ0v) is 22.3. The largest absolute Gasteiger partial charge is 0.573 e. The molecule has 0 spiro atoms. The first-order valence-electron chi connectivity index (χ1n) is 12.5. The van der Waals surface area contributed by atoms with E-state index in [9.17, 15) is 22.8 Å². The number of carboxylic acid groups (broad SMARTS) is 1. The Morgan fingerprint density at radius 3 is 2.41 bits per heavy atom. The Bertz CT molecular complexity index is 1510. The number of benzene rings is 3. The van der Waals surface area contributed by atoms with Crippen LogP contribution in [0.25, 0.3) is 0 Å². The summed E-state index contributed by atoms with van der Waals surface area (Å²) in [7, 11) is 1.47. The predicted molar refractivity (Wildman–Crippen MR) is 145 cm³/mol. The quantitative estimate of drug-likeness (QED) is 0.309. The first-order chi connectivity index (χ1) is 19.5. The highest BCUT2D eigenvalue weighted by Gasteiger charge is 2.35. The molecule has 1 aliphatic heterocycles. The van der Waals surface area contributed by atoms with Crippen molar-refractivity contribution >= 4 is 34.9 Å². The van der Waals surface area contributed by atoms with Gasteiger partial charge < -0.3 is 29.5 Å². The van der Waals surface area contributed by atoms with Gasteiger partial charge in [-0.15, -0.1) is 13.2 Å². The smallest absolute Gasteiger partial charge is 0.497 e. The lowest BCUT2D eigenvalue weighted by atomic mass is 9.96. The molecule has 0 fully saturated rings. The molecule has 0 saturated heterocycles. The average Bonchev–Trinajstić information content (AvgIpc) is 3.31. The van der Waals surface area contributed by atoms with E-state index in [1.165, 1.54) is 36.3 Å². The fraction of sp³-hybridized carbons (Fsp3) is 0.241. The van der Waals surface area contributed by atoms with Crippen molar-refractivity contribution in [2.75, 3.05) is 23.9 Å². The summed E-state index contributed by atoms with van der Waals surface area (Å²) in [6.45, 7) is 0.266. The highest BCUT2D eigenvalue weighted by molar-refractivity contribution is 6.30. The summed E-state index contributed by atoms with van der Waals surface area (Å²) in [5, 5.41) is 12.8. The maximum Gasteiger partial charge on any atom is 0.573 e. The van der Waals surface area contributed by atoms with Gasteiger partial charge in [-0.1, -0.05) is 29.8 Å². The Balaban J connectivity index is 1.45. The molecule has 0 aromatic heterocycles. The second kappa shape index (κ2) is 11.2. The monoisotopic (exact) mass is 588 g/mol. The molecular formula is C29H24ClF3N2O6. The molecule has 3 aromatic carbocycles. The Hall–Kier alpha value is -4.38. The number of amides is 1. The van der Waals surface area contributed by atoms with Crippen LogP contribution in [0.4, 0.5) is 24.5 Å². The number of nitrogens with zero attached hydrogens (tertiary/aromatic N) is 1. The summed E-state index contributed by atoms with van der Waals surface area (Å²) in [5.41, 5.74) is 2.34. The minimum Gasteiger partial charge on any atom is -0.497 e. The summed E-state index contributed by atoms with van der Waals surface area (Å²) >= 11 is 6.08. The molecule has 1 amide bonds. The van der Waals surface area contributed by atoms with Crippen LogP contribution in [0, 0.1) is 0 Å². The van der Waals surface area contributed by atoms with Gasteiger partial charge in [-0.2, -0.15) is 0 Å². The maximum absolute atomic E-state index is 14.0. The van der Waals surface area contributed by atoms with Gasteiger partial charge >= 0.3 is 12.3 Å². The van der Waals surface area contributed by atoms with E-state index in [4.69, 9.17) is 26.2 Å². The number of ether oxygens (including phenoxy) is 3. The third-order valence-corrected chi connectivity index (χ3v) is 6.95. The van der Waals surface area contributed by atoms with Crippen LogP contribution in [0.2, 0.25) is 5.02 Å². The minimum absolute atomic E-state index is 0.246. The number of carboxylic acids is 1. The van der Waals surface area contributed by atoms with Gasteiger partial charge in [0.1, 0.15) is 29.4 Å². The Labute approximate surface area is 237 Å². The molecule has 8 nitrogen and oxygen atoms in total. The van der Waals surface area contributed by atoms with Crippen LogP contribution < -0.4 is 24.4 Å². The molecule has 2 atom stereocenters. The summed E-state index contributed by atoms with van der Waals surface area (Å²) in [6, 6.07) is 14.6. The molecule has 0 bridgehead atoms. The molecule has 2 aliphatic rings. The predicted octanol–water partition coefficient (Wildman–Crippen LogP) is 6.15. The van der Waals surface area contributed by atoms with Gasteiger partial charge in [0.2, 0.25) is 0 Å². The first kappa shape index (κ1) is 28.2. The van der Waals surface area contributed by atoms with E-state index in [1.54, 1.807) is 42.5 Å². The lowest BCUT2D eigenvalue weighted by Gasteiger charge is -2.27. The number of carbonyl (C=O) groups excluding carboxylic acids is 1. The summed E-state index contributed by atoms with van der Waals surface area (Å²) in [6.07, 6.45) is -3.08. The summed E-state index contributed by atoms with van der Waals surface area (Å²) in [4.78, 5) is 26.5. The van der Waals surface area contributed by atoms with Crippen LogP contribution in [0.1, 0.15) is 23.6 Å². The molecule has 41 heavy (non-hydrogen) atoms. The van der Waals surface area contributed by atoms with E-state index in [2.05, 4.69) is 10.1 Å². The number of anilines is 2. The van der Waals surface area contributed by atoms with Crippen LogP contribution in [0.15, 0.2) is 72.3 Å². The number of fused-ring (bicyclic) bond motifs is 1. The molecule has 1 unspecified atom stereocenters. The fourth-order valence-electron chi connectivity index (χ4n) is 4.71. The van der Waals surface area contributed by atoms with Crippen molar-refractivity contribution in [2.24, 2.45) is 0 Å². The number of methoxy groups -OCH3 is 1. The van der Waals surface area contributed by atoms with Crippen LogP contribution in [-0.2, 0) is 16.0 Å². The van der Waals surface area contributed by atoms with Crippen molar-refractivity contribution in [3.8, 4) is 17.2 Å². The third kappa shape index (κ3) is 6.51. The molecule has 5 rings (SSSR count). The molecule has 0 radical (unpaired) electrons. The van der Waals surface area contributed by atoms with Gasteiger partial charge in [-0.05, 0) is 41.8 Å². The molecule has 2 N–H and O–H groups in total. The van der Waals surface area contributed by atoms with Crippen LogP contribution in [-0.4, -0.2) is 43.1 Å². The minimum atomic E-state index is -4.87. The standard InChI is InChI=1S/C29H24ClF3N2O6/c1-39-22-12-20(13-24(14-22)40-23-10-18(11-23)28(37)38)34-26(17-2-5-19(30)6-3-17)27(36)35-9-8-16-4-7-21(15-25(16)35)41-29(31,32)33/h2-7,10,12-15,23,26,34H,8-9,11H2,1H3,(H,37,38)/t23-,26?/m0/s1. The second-order valence-corrected chi connectivity index (χ2v) is 9.90. The molecule has 3 aromatic rings. The molecule has 12 heteroatoms. The van der Waals surface area contributed by atoms with Gasteiger partial charge in [-0.25, -0.2) is 4.79 Å². The number of carbonyl (C=O) groups is 2. The van der Waals surface area contributed by atoms with E-state index in [1.807, 2.05) is 0 Å². The van der Waals surface area contributed by atoms with Crippen molar-refractivity contribution in [2.45, 2.75) is 31.3 Å². The Kier molecular flexibility index (Phi) is 7.72. The Morgan fingerprint density at radius 2 is 1.76 bits per heavy atom. The maximum atomic E-state index is 14.0. The van der Waals surface area contributed by atoms with Crippen molar-refractivity contribution in [1.29, 1.82) is 0 Å². The topological polar surface area (TPSA) is 97.3 Å². The van der Waals surface area contributed by atoms with Crippen LogP contribution in [0.5, 0.6) is 17.2 Å². The molecule has 0 saturated carbocycles. The zero-order valence-electron chi connectivity index (χ0n) is 21.6. The summed E-state index contributed by atoms with van der Waals surface area (Å²) in [5.74, 6) is -1.01. The van der Waals surface area contributed by atoms with E-state index >= 15 is 0 Å². The number of rotatable bonds is 9. The number of hydrogen-bond donors (Lipinski definition) is 2. The number of halogens is 4. The van der Waals surface area contributed by atoms with Crippen molar-refractivity contribution in [1.82, 2.24) is 0 Å². The molecular weight excluding hydrogens is 565 g/mol. The lowest BCUT2D eigenvalue weighted by molar-refractivity contribution is -0.274. The van der Waals surface area contributed by atoms with Crippen LogP contribution in [0.3, 0.4) is 0 Å². The van der Waals surface area contributed by atoms with E-state index < -0.39 is 36.1 Å². The van der Waals surface area contributed by atoms with Gasteiger partial charge in [0.25, 0.3) is 5.91 Å². The molecule has 1 aliphatic carbocycles. The van der Waals surface area contributed by atoms with Crippen LogP contribution >= 0.6 is 11.6 Å². The first-order valence-corrected chi connectivity index (χ1v) is 12.9. The fourth-order valence-corrected chi connectivity index (χ4v) is 4.83. The molecule has 1 heterocycles. The van der Waals surface area contributed by atoms with Gasteiger partial charge in [0, 0.05) is 53.5 Å². The van der Waals surface area contributed by atoms with E-state index in [0.717, 1.165) is 0 Å². The average molecular weight is 589 g/mol. The SMILES string of the molecule is COc1cc(NC(C(=O)N2CCc3ccc(OC(F)(F)F)cc32)c2ccc(Cl)cc2)cc(O[C@H]2C=C(C(=O)O)C2)c1. The van der Waals surface area contributed by atoms with E-state index in [-0.39, 0.29) is 18.5 Å². The number of hydrogen-bond acceptors (Lipinski definition) is 6. The van der Waals surface area contributed by atoms with Crippen molar-refractivity contribution in [3.05, 3.63) is 88.5 Å². The van der Waals surface area contributed by atoms with Crippen molar-refractivity contribution in [3.63, 3.8) is 0 Å². The highest BCUT2D eigenvalue weighted by Crippen LogP contribution is 2.37.